The van der Waals surface area contributed by atoms with Crippen molar-refractivity contribution in [1.29, 1.82) is 0 Å². The molecule has 0 amide bonds. The van der Waals surface area contributed by atoms with Gasteiger partial charge in [-0.15, -0.1) is 0 Å². The number of carbonyl (C=O) groups is 1. The minimum Gasteiger partial charge on any atom is -0.508 e. The van der Waals surface area contributed by atoms with E-state index >= 15 is 0 Å². The van der Waals surface area contributed by atoms with Crippen molar-refractivity contribution in [3.05, 3.63) is 23.3 Å². The summed E-state index contributed by atoms with van der Waals surface area (Å²) in [6, 6.07) is 4.14. The normalized spacial score (nSPS) is 34.0. The van der Waals surface area contributed by atoms with Crippen molar-refractivity contribution >= 4 is 5.78 Å². The second kappa shape index (κ2) is 4.47. The number of fused-ring (bicyclic) bond motifs is 1. The topological polar surface area (TPSA) is 58.6 Å². The van der Waals surface area contributed by atoms with Gasteiger partial charge in [0.2, 0.25) is 0 Å². The van der Waals surface area contributed by atoms with Gasteiger partial charge in [-0.2, -0.15) is 0 Å². The fourth-order valence-electron chi connectivity index (χ4n) is 4.92. The Morgan fingerprint density at radius 3 is 3.10 bits per heavy atom. The maximum absolute atomic E-state index is 12.1. The Hall–Kier alpha value is -1.55. The maximum Gasteiger partial charge on any atom is 0.133 e. The van der Waals surface area contributed by atoms with E-state index in [1.807, 2.05) is 0 Å². The lowest BCUT2D eigenvalue weighted by atomic mass is 9.52. The molecule has 4 rings (SSSR count). The summed E-state index contributed by atoms with van der Waals surface area (Å²) in [5.74, 6) is 1.87. The quantitative estimate of drug-likeness (QED) is 0.828. The Balaban J connectivity index is 1.93. The number of phenolic OH excluding ortho intramolecular Hbond substituents is 1. The van der Waals surface area contributed by atoms with Crippen molar-refractivity contribution in [3.8, 4) is 11.5 Å². The first-order valence-corrected chi connectivity index (χ1v) is 7.79. The zero-order valence-electron chi connectivity index (χ0n) is 12.3. The molecule has 112 valence electrons. The minimum atomic E-state index is -0.0924. The first-order valence-electron chi connectivity index (χ1n) is 7.79. The van der Waals surface area contributed by atoms with Crippen molar-refractivity contribution in [2.45, 2.75) is 43.6 Å². The molecule has 3 atom stereocenters. The zero-order chi connectivity index (χ0) is 14.6. The van der Waals surface area contributed by atoms with E-state index in [4.69, 9.17) is 4.74 Å². The third-order valence-electron chi connectivity index (χ3n) is 5.82. The van der Waals surface area contributed by atoms with Crippen LogP contribution in [-0.4, -0.2) is 30.6 Å². The van der Waals surface area contributed by atoms with Crippen LogP contribution in [0.25, 0.3) is 0 Å². The number of aromatic hydroxyl groups is 1. The van der Waals surface area contributed by atoms with E-state index in [0.717, 1.165) is 36.9 Å². The molecule has 1 saturated heterocycles. The zero-order valence-corrected chi connectivity index (χ0v) is 12.3. The van der Waals surface area contributed by atoms with Gasteiger partial charge in [0.15, 0.2) is 0 Å². The van der Waals surface area contributed by atoms with E-state index in [1.54, 1.807) is 13.2 Å². The molecule has 2 N–H and O–H groups in total. The number of hydrogen-bond acceptors (Lipinski definition) is 4. The van der Waals surface area contributed by atoms with Crippen LogP contribution in [0.5, 0.6) is 11.5 Å². The van der Waals surface area contributed by atoms with Crippen molar-refractivity contribution in [3.63, 3.8) is 0 Å². The fourth-order valence-corrected chi connectivity index (χ4v) is 4.92. The Labute approximate surface area is 124 Å². The first-order chi connectivity index (χ1) is 10.1. The number of benzene rings is 1. The molecule has 4 nitrogen and oxygen atoms in total. The van der Waals surface area contributed by atoms with E-state index in [0.29, 0.717) is 42.1 Å². The number of phenols is 1. The lowest BCUT2D eigenvalue weighted by Crippen LogP contribution is -2.60. The van der Waals surface area contributed by atoms with Gasteiger partial charge < -0.3 is 15.2 Å². The number of Topliss-reactive ketones (excluding diaryl/α,β-unsaturated/α-hetero) is 1. The number of piperidine rings is 1. The number of rotatable bonds is 1. The SMILES string of the molecule is COc1cc(O)c2c(c1)C13CCNC(C2)C1CCC(=O)C3. The molecular weight excluding hydrogens is 266 g/mol. The van der Waals surface area contributed by atoms with Gasteiger partial charge in [0, 0.05) is 30.4 Å². The van der Waals surface area contributed by atoms with Crippen LogP contribution in [0.2, 0.25) is 0 Å². The van der Waals surface area contributed by atoms with Crippen molar-refractivity contribution in [2.24, 2.45) is 5.92 Å². The highest BCUT2D eigenvalue weighted by Crippen LogP contribution is 2.55. The molecule has 2 bridgehead atoms. The van der Waals surface area contributed by atoms with Gasteiger partial charge in [-0.3, -0.25) is 4.79 Å². The second-order valence-corrected chi connectivity index (χ2v) is 6.70. The Morgan fingerprint density at radius 2 is 2.29 bits per heavy atom. The summed E-state index contributed by atoms with van der Waals surface area (Å²) in [6.07, 6.45) is 4.12. The molecule has 1 aromatic rings. The first kappa shape index (κ1) is 13.1. The van der Waals surface area contributed by atoms with Crippen molar-refractivity contribution in [1.82, 2.24) is 5.32 Å². The van der Waals surface area contributed by atoms with Gasteiger partial charge in [0.1, 0.15) is 17.3 Å². The Bertz CT molecular complexity index is 612. The van der Waals surface area contributed by atoms with Crippen molar-refractivity contribution in [2.75, 3.05) is 13.7 Å². The molecular formula is C17H21NO3. The van der Waals surface area contributed by atoms with E-state index in [9.17, 15) is 9.90 Å². The van der Waals surface area contributed by atoms with E-state index < -0.39 is 0 Å². The number of nitrogens with one attached hydrogen (secondary N) is 1. The molecule has 3 aliphatic rings. The summed E-state index contributed by atoms with van der Waals surface area (Å²) >= 11 is 0. The average Bonchev–Trinajstić information content (AvgIpc) is 2.47. The monoisotopic (exact) mass is 287 g/mol. The number of ketones is 1. The molecule has 0 spiro atoms. The summed E-state index contributed by atoms with van der Waals surface area (Å²) in [5, 5.41) is 14.0. The lowest BCUT2D eigenvalue weighted by Gasteiger charge is -2.55. The van der Waals surface area contributed by atoms with E-state index in [1.165, 1.54) is 0 Å². The van der Waals surface area contributed by atoms with Gasteiger partial charge in [-0.25, -0.2) is 0 Å². The molecule has 3 unspecified atom stereocenters. The van der Waals surface area contributed by atoms with E-state index in [2.05, 4.69) is 11.4 Å². The third kappa shape index (κ3) is 1.75. The predicted octanol–water partition coefficient (Wildman–Crippen LogP) is 1.93. The molecule has 1 saturated carbocycles. The Kier molecular flexibility index (Phi) is 2.80. The highest BCUT2D eigenvalue weighted by Gasteiger charge is 2.54. The van der Waals surface area contributed by atoms with Gasteiger partial charge in [0.05, 0.1) is 7.11 Å². The standard InChI is InChI=1S/C17H21NO3/c1-21-11-6-14-12(16(20)7-11)8-15-13-3-2-10(19)9-17(13,14)4-5-18-15/h6-7,13,15,18,20H,2-5,8-9H2,1H3. The highest BCUT2D eigenvalue weighted by molar-refractivity contribution is 5.82. The molecule has 4 heteroatoms. The molecule has 0 aromatic heterocycles. The summed E-state index contributed by atoms with van der Waals surface area (Å²) in [4.78, 5) is 12.1. The number of ether oxygens (including phenoxy) is 1. The molecule has 1 heterocycles. The van der Waals surface area contributed by atoms with Gasteiger partial charge in [-0.1, -0.05) is 0 Å². The van der Waals surface area contributed by atoms with Crippen LogP contribution in [0.15, 0.2) is 12.1 Å². The molecule has 2 fully saturated rings. The highest BCUT2D eigenvalue weighted by atomic mass is 16.5. The van der Waals surface area contributed by atoms with Crippen LogP contribution in [0.1, 0.15) is 36.8 Å². The summed E-state index contributed by atoms with van der Waals surface area (Å²) in [7, 11) is 1.62. The average molecular weight is 287 g/mol. The summed E-state index contributed by atoms with van der Waals surface area (Å²) in [5.41, 5.74) is 2.08. The second-order valence-electron chi connectivity index (χ2n) is 6.70. The van der Waals surface area contributed by atoms with Crippen LogP contribution < -0.4 is 10.1 Å². The summed E-state index contributed by atoms with van der Waals surface area (Å²) < 4.78 is 5.34. The van der Waals surface area contributed by atoms with Crippen LogP contribution in [-0.2, 0) is 16.6 Å². The number of carbonyl (C=O) groups excluding carboxylic acids is 1. The molecule has 1 aliphatic heterocycles. The van der Waals surface area contributed by atoms with Crippen LogP contribution in [0, 0.1) is 5.92 Å². The summed E-state index contributed by atoms with van der Waals surface area (Å²) in [6.45, 7) is 0.950. The van der Waals surface area contributed by atoms with Crippen LogP contribution in [0.4, 0.5) is 0 Å². The third-order valence-corrected chi connectivity index (χ3v) is 5.82. The maximum atomic E-state index is 12.1. The molecule has 2 aliphatic carbocycles. The number of methoxy groups -OCH3 is 1. The van der Waals surface area contributed by atoms with Gasteiger partial charge in [0.25, 0.3) is 0 Å². The lowest BCUT2D eigenvalue weighted by molar-refractivity contribution is -0.125. The predicted molar refractivity (Wildman–Crippen MR) is 78.8 cm³/mol. The Morgan fingerprint density at radius 1 is 1.43 bits per heavy atom. The van der Waals surface area contributed by atoms with Crippen molar-refractivity contribution < 1.29 is 14.6 Å². The fraction of sp³-hybridized carbons (Fsp3) is 0.588. The molecule has 1 aromatic carbocycles. The van der Waals surface area contributed by atoms with Crippen LogP contribution in [0.3, 0.4) is 0 Å². The largest absolute Gasteiger partial charge is 0.508 e. The van der Waals surface area contributed by atoms with E-state index in [-0.39, 0.29) is 5.41 Å². The number of hydrogen-bond donors (Lipinski definition) is 2. The minimum absolute atomic E-state index is 0.0924. The smallest absolute Gasteiger partial charge is 0.133 e. The van der Waals surface area contributed by atoms with Gasteiger partial charge in [-0.05, 0) is 48.9 Å². The van der Waals surface area contributed by atoms with Gasteiger partial charge >= 0.3 is 0 Å². The molecule has 0 radical (unpaired) electrons. The van der Waals surface area contributed by atoms with Crippen LogP contribution >= 0.6 is 0 Å². The molecule has 21 heavy (non-hydrogen) atoms.